The van der Waals surface area contributed by atoms with Crippen molar-refractivity contribution >= 4 is 34.6 Å². The monoisotopic (exact) mass is 896 g/mol. The SMILES string of the molecule is Cc1cc(C)c(N(c2ccc(N(c3nc(-c4ccccc4)nc(-c4ccccc4)n3)c3nc(-c4ccccc4)nc(-c4ccc(-c5ccccc5)cc4)n3)c(C)c2)c2c(C)cc(C)cc2C)c(C)c1. The summed E-state index contributed by atoms with van der Waals surface area (Å²) >= 11 is 0. The van der Waals surface area contributed by atoms with Crippen LogP contribution in [0.25, 0.3) is 56.7 Å². The van der Waals surface area contributed by atoms with E-state index in [1.807, 2.05) is 102 Å². The molecule has 0 aliphatic carbocycles. The smallest absolute Gasteiger partial charge is 0.241 e. The molecule has 0 amide bonds. The van der Waals surface area contributed by atoms with Gasteiger partial charge in [0.1, 0.15) is 0 Å². The minimum absolute atomic E-state index is 0.360. The molecule has 8 aromatic carbocycles. The highest BCUT2D eigenvalue weighted by Gasteiger charge is 2.27. The second kappa shape index (κ2) is 18.9. The third-order valence-corrected chi connectivity index (χ3v) is 12.4. The molecule has 8 nitrogen and oxygen atoms in total. The first-order valence-corrected chi connectivity index (χ1v) is 23.3. The lowest BCUT2D eigenvalue weighted by atomic mass is 9.98. The molecule has 0 aliphatic heterocycles. The van der Waals surface area contributed by atoms with Gasteiger partial charge in [-0.25, -0.2) is 14.9 Å². The summed E-state index contributed by atoms with van der Waals surface area (Å²) in [6, 6.07) is 64.5. The molecule has 0 fully saturated rings. The summed E-state index contributed by atoms with van der Waals surface area (Å²) in [6.07, 6.45) is 0. The number of hydrogen-bond acceptors (Lipinski definition) is 8. The third kappa shape index (κ3) is 9.12. The largest absolute Gasteiger partial charge is 0.309 e. The predicted molar refractivity (Wildman–Crippen MR) is 283 cm³/mol. The number of aryl methyl sites for hydroxylation is 7. The van der Waals surface area contributed by atoms with Gasteiger partial charge in [0.2, 0.25) is 11.9 Å². The van der Waals surface area contributed by atoms with Gasteiger partial charge >= 0.3 is 0 Å². The fourth-order valence-corrected chi connectivity index (χ4v) is 9.40. The first kappa shape index (κ1) is 44.2. The highest BCUT2D eigenvalue weighted by atomic mass is 15.4. The molecule has 0 radical (unpaired) electrons. The maximum atomic E-state index is 5.34. The first-order valence-electron chi connectivity index (χ1n) is 23.3. The van der Waals surface area contributed by atoms with Crippen LogP contribution in [0, 0.1) is 48.5 Å². The number of nitrogens with zero attached hydrogens (tertiary/aromatic N) is 8. The van der Waals surface area contributed by atoms with Crippen LogP contribution in [-0.2, 0) is 0 Å². The normalized spacial score (nSPS) is 11.1. The van der Waals surface area contributed by atoms with Gasteiger partial charge in [-0.2, -0.15) is 19.9 Å². The lowest BCUT2D eigenvalue weighted by Gasteiger charge is -2.33. The van der Waals surface area contributed by atoms with Gasteiger partial charge in [0.25, 0.3) is 0 Å². The Morgan fingerprint density at radius 3 is 0.957 bits per heavy atom. The Hall–Kier alpha value is -8.62. The molecule has 0 spiro atoms. The van der Waals surface area contributed by atoms with E-state index in [0.717, 1.165) is 61.7 Å². The zero-order valence-electron chi connectivity index (χ0n) is 40.0. The van der Waals surface area contributed by atoms with Crippen molar-refractivity contribution in [3.63, 3.8) is 0 Å². The van der Waals surface area contributed by atoms with Crippen molar-refractivity contribution in [1.82, 2.24) is 29.9 Å². The van der Waals surface area contributed by atoms with Crippen LogP contribution >= 0.6 is 0 Å². The van der Waals surface area contributed by atoms with Gasteiger partial charge < -0.3 is 4.90 Å². The maximum Gasteiger partial charge on any atom is 0.241 e. The summed E-state index contributed by atoms with van der Waals surface area (Å²) in [6.45, 7) is 15.3. The molecule has 0 saturated heterocycles. The molecule has 0 bridgehead atoms. The van der Waals surface area contributed by atoms with Gasteiger partial charge in [-0.05, 0) is 106 Å². The van der Waals surface area contributed by atoms with Gasteiger partial charge in [0, 0.05) is 27.9 Å². The Labute approximate surface area is 404 Å². The molecule has 2 aromatic heterocycles. The molecule has 0 saturated carbocycles. The molecule has 0 unspecified atom stereocenters. The number of hydrogen-bond donors (Lipinski definition) is 0. The third-order valence-electron chi connectivity index (χ3n) is 12.4. The molecule has 336 valence electrons. The molecule has 8 heteroatoms. The molecular formula is C61H52N8. The van der Waals surface area contributed by atoms with Crippen LogP contribution in [-0.4, -0.2) is 29.9 Å². The van der Waals surface area contributed by atoms with Crippen molar-refractivity contribution in [1.29, 1.82) is 0 Å². The van der Waals surface area contributed by atoms with Crippen molar-refractivity contribution in [2.45, 2.75) is 48.5 Å². The minimum atomic E-state index is 0.360. The van der Waals surface area contributed by atoms with Crippen LogP contribution in [0.3, 0.4) is 0 Å². The second-order valence-corrected chi connectivity index (χ2v) is 17.7. The van der Waals surface area contributed by atoms with Gasteiger partial charge in [-0.15, -0.1) is 0 Å². The molecule has 0 atom stereocenters. The molecule has 2 heterocycles. The van der Waals surface area contributed by atoms with E-state index in [1.54, 1.807) is 0 Å². The highest BCUT2D eigenvalue weighted by Crippen LogP contribution is 2.45. The van der Waals surface area contributed by atoms with E-state index in [0.29, 0.717) is 35.2 Å². The Morgan fingerprint density at radius 2 is 0.594 bits per heavy atom. The number of aromatic nitrogens is 6. The lowest BCUT2D eigenvalue weighted by Crippen LogP contribution is -2.20. The molecule has 0 aliphatic rings. The zero-order chi connectivity index (χ0) is 47.6. The van der Waals surface area contributed by atoms with Crippen molar-refractivity contribution < 1.29 is 0 Å². The predicted octanol–water partition coefficient (Wildman–Crippen LogP) is 15.5. The van der Waals surface area contributed by atoms with Crippen molar-refractivity contribution in [2.24, 2.45) is 0 Å². The van der Waals surface area contributed by atoms with E-state index in [1.165, 1.54) is 33.4 Å². The Kier molecular flexibility index (Phi) is 12.1. The van der Waals surface area contributed by atoms with Crippen LogP contribution in [0.1, 0.15) is 38.9 Å². The topological polar surface area (TPSA) is 83.8 Å². The number of rotatable bonds is 11. The van der Waals surface area contributed by atoms with Crippen molar-refractivity contribution in [2.75, 3.05) is 9.80 Å². The highest BCUT2D eigenvalue weighted by molar-refractivity contribution is 5.86. The van der Waals surface area contributed by atoms with Gasteiger partial charge in [0.15, 0.2) is 23.3 Å². The number of anilines is 6. The van der Waals surface area contributed by atoms with E-state index in [2.05, 4.69) is 144 Å². The average molecular weight is 897 g/mol. The summed E-state index contributed by atoms with van der Waals surface area (Å²) in [5, 5.41) is 0. The summed E-state index contributed by atoms with van der Waals surface area (Å²) in [5.41, 5.74) is 18.0. The lowest BCUT2D eigenvalue weighted by molar-refractivity contribution is 0.961. The first-order chi connectivity index (χ1) is 33.6. The van der Waals surface area contributed by atoms with Crippen LogP contribution in [0.5, 0.6) is 0 Å². The molecule has 10 rings (SSSR count). The summed E-state index contributed by atoms with van der Waals surface area (Å²) in [5.74, 6) is 2.80. The van der Waals surface area contributed by atoms with Gasteiger partial charge in [-0.3, -0.25) is 0 Å². The summed E-state index contributed by atoms with van der Waals surface area (Å²) in [7, 11) is 0. The van der Waals surface area contributed by atoms with E-state index in [9.17, 15) is 0 Å². The minimum Gasteiger partial charge on any atom is -0.309 e. The zero-order valence-corrected chi connectivity index (χ0v) is 40.0. The van der Waals surface area contributed by atoms with Crippen LogP contribution in [0.4, 0.5) is 34.6 Å². The summed E-state index contributed by atoms with van der Waals surface area (Å²) in [4.78, 5) is 35.8. The van der Waals surface area contributed by atoms with Crippen LogP contribution in [0.15, 0.2) is 188 Å². The Bertz CT molecular complexity index is 3290. The Morgan fingerprint density at radius 1 is 0.275 bits per heavy atom. The maximum absolute atomic E-state index is 5.34. The van der Waals surface area contributed by atoms with Gasteiger partial charge in [-0.1, -0.05) is 181 Å². The fraction of sp³-hybridized carbons (Fsp3) is 0.115. The molecule has 10 aromatic rings. The quantitative estimate of drug-likeness (QED) is 0.127. The van der Waals surface area contributed by atoms with E-state index < -0.39 is 0 Å². The molecular weight excluding hydrogens is 845 g/mol. The van der Waals surface area contributed by atoms with E-state index in [4.69, 9.17) is 29.9 Å². The Balaban J connectivity index is 1.22. The van der Waals surface area contributed by atoms with Crippen molar-refractivity contribution in [3.05, 3.63) is 227 Å². The standard InChI is InChI=1S/C61H52N8/c1-39-34-42(4)54(43(5)35-39)68(55-44(6)36-40(2)37-45(55)7)52-32-33-53(41(3)38-52)69(60-64-56(48-22-14-9-15-23-48)62-57(65-60)49-24-16-10-17-25-49)61-66-58(50-26-18-11-19-27-50)63-59(67-61)51-30-28-47(29-31-51)46-20-12-8-13-21-46/h8-38H,1-7H3. The fourth-order valence-electron chi connectivity index (χ4n) is 9.40. The second-order valence-electron chi connectivity index (χ2n) is 17.7. The summed E-state index contributed by atoms with van der Waals surface area (Å²) < 4.78 is 0. The van der Waals surface area contributed by atoms with Crippen LogP contribution in [0.2, 0.25) is 0 Å². The molecule has 0 N–H and O–H groups in total. The van der Waals surface area contributed by atoms with Crippen molar-refractivity contribution in [3.8, 4) is 56.7 Å². The van der Waals surface area contributed by atoms with E-state index >= 15 is 0 Å². The average Bonchev–Trinajstić information content (AvgIpc) is 3.37. The van der Waals surface area contributed by atoms with Gasteiger partial charge in [0.05, 0.1) is 17.1 Å². The number of benzene rings is 8. The van der Waals surface area contributed by atoms with Crippen LogP contribution < -0.4 is 9.80 Å². The molecule has 69 heavy (non-hydrogen) atoms. The van der Waals surface area contributed by atoms with E-state index in [-0.39, 0.29) is 0 Å².